The van der Waals surface area contributed by atoms with Gasteiger partial charge in [0.2, 0.25) is 0 Å². The standard InChI is InChI=1S/C13H16N4OS/c1-3-14-12-6-4-5-11(16-12)13(18)17(2)7-10-8-19-9-15-10/h4-6,8-9H,3,7H2,1-2H3,(H,14,16). The summed E-state index contributed by atoms with van der Waals surface area (Å²) < 4.78 is 0. The van der Waals surface area contributed by atoms with Gasteiger partial charge < -0.3 is 10.2 Å². The van der Waals surface area contributed by atoms with Crippen LogP contribution in [0.15, 0.2) is 29.1 Å². The average molecular weight is 276 g/mol. The molecule has 0 spiro atoms. The summed E-state index contributed by atoms with van der Waals surface area (Å²) >= 11 is 1.52. The monoisotopic (exact) mass is 276 g/mol. The molecule has 2 rings (SSSR count). The molecule has 6 heteroatoms. The van der Waals surface area contributed by atoms with E-state index in [0.717, 1.165) is 18.1 Å². The molecule has 5 nitrogen and oxygen atoms in total. The smallest absolute Gasteiger partial charge is 0.272 e. The molecule has 1 amide bonds. The highest BCUT2D eigenvalue weighted by atomic mass is 32.1. The van der Waals surface area contributed by atoms with Crippen molar-refractivity contribution in [2.45, 2.75) is 13.5 Å². The van der Waals surface area contributed by atoms with Gasteiger partial charge in [-0.1, -0.05) is 6.07 Å². The summed E-state index contributed by atoms with van der Waals surface area (Å²) in [5.74, 6) is 0.614. The maximum absolute atomic E-state index is 12.2. The number of carbonyl (C=O) groups excluding carboxylic acids is 1. The lowest BCUT2D eigenvalue weighted by Gasteiger charge is -2.15. The highest BCUT2D eigenvalue weighted by Crippen LogP contribution is 2.09. The minimum atomic E-state index is -0.104. The summed E-state index contributed by atoms with van der Waals surface area (Å²) in [4.78, 5) is 22.3. The lowest BCUT2D eigenvalue weighted by atomic mass is 10.3. The first-order valence-electron chi connectivity index (χ1n) is 6.04. The lowest BCUT2D eigenvalue weighted by Crippen LogP contribution is -2.27. The Kier molecular flexibility index (Phi) is 4.46. The molecule has 0 aromatic carbocycles. The van der Waals surface area contributed by atoms with E-state index in [-0.39, 0.29) is 5.91 Å². The third kappa shape index (κ3) is 3.51. The van der Waals surface area contributed by atoms with Crippen LogP contribution in [0.5, 0.6) is 0 Å². The fourth-order valence-corrected chi connectivity index (χ4v) is 2.21. The third-order valence-corrected chi connectivity index (χ3v) is 3.19. The maximum Gasteiger partial charge on any atom is 0.272 e. The zero-order valence-corrected chi connectivity index (χ0v) is 11.8. The minimum absolute atomic E-state index is 0.104. The number of thiazole rings is 1. The van der Waals surface area contributed by atoms with Crippen LogP contribution in [0.4, 0.5) is 5.82 Å². The van der Waals surface area contributed by atoms with Crippen LogP contribution in [0.25, 0.3) is 0 Å². The lowest BCUT2D eigenvalue weighted by molar-refractivity contribution is 0.0778. The van der Waals surface area contributed by atoms with Crippen molar-refractivity contribution in [2.24, 2.45) is 0 Å². The van der Waals surface area contributed by atoms with E-state index in [0.29, 0.717) is 12.2 Å². The number of hydrogen-bond donors (Lipinski definition) is 1. The van der Waals surface area contributed by atoms with Gasteiger partial charge in [0.15, 0.2) is 0 Å². The zero-order valence-electron chi connectivity index (χ0n) is 11.0. The van der Waals surface area contributed by atoms with Crippen LogP contribution in [0.2, 0.25) is 0 Å². The van der Waals surface area contributed by atoms with Gasteiger partial charge in [-0.2, -0.15) is 0 Å². The van der Waals surface area contributed by atoms with Crippen molar-refractivity contribution in [2.75, 3.05) is 18.9 Å². The Balaban J connectivity index is 2.08. The number of anilines is 1. The number of amides is 1. The van der Waals surface area contributed by atoms with Gasteiger partial charge in [0.05, 0.1) is 17.7 Å². The van der Waals surface area contributed by atoms with Gasteiger partial charge in [0, 0.05) is 19.0 Å². The first kappa shape index (κ1) is 13.5. The van der Waals surface area contributed by atoms with E-state index in [1.807, 2.05) is 24.4 Å². The number of nitrogens with one attached hydrogen (secondary N) is 1. The second-order valence-corrected chi connectivity index (χ2v) is 4.80. The van der Waals surface area contributed by atoms with Crippen LogP contribution in [-0.2, 0) is 6.54 Å². The van der Waals surface area contributed by atoms with Crippen molar-refractivity contribution in [1.82, 2.24) is 14.9 Å². The van der Waals surface area contributed by atoms with Crippen LogP contribution in [-0.4, -0.2) is 34.4 Å². The molecule has 2 aromatic rings. The Morgan fingerprint density at radius 2 is 2.32 bits per heavy atom. The molecule has 2 aromatic heterocycles. The van der Waals surface area contributed by atoms with E-state index in [4.69, 9.17) is 0 Å². The number of carbonyl (C=O) groups is 1. The van der Waals surface area contributed by atoms with Crippen LogP contribution in [0.1, 0.15) is 23.1 Å². The average Bonchev–Trinajstić information content (AvgIpc) is 2.91. The molecule has 0 aliphatic rings. The molecule has 1 N–H and O–H groups in total. The molecule has 0 radical (unpaired) electrons. The fraction of sp³-hybridized carbons (Fsp3) is 0.308. The Bertz CT molecular complexity index is 541. The van der Waals surface area contributed by atoms with Gasteiger partial charge in [-0.25, -0.2) is 9.97 Å². The van der Waals surface area contributed by atoms with Crippen LogP contribution in [0, 0.1) is 0 Å². The molecule has 2 heterocycles. The van der Waals surface area contributed by atoms with E-state index < -0.39 is 0 Å². The van der Waals surface area contributed by atoms with Crippen molar-refractivity contribution in [3.05, 3.63) is 40.5 Å². The van der Waals surface area contributed by atoms with E-state index >= 15 is 0 Å². The van der Waals surface area contributed by atoms with Crippen molar-refractivity contribution in [3.63, 3.8) is 0 Å². The summed E-state index contributed by atoms with van der Waals surface area (Å²) in [6.45, 7) is 3.26. The molecule has 0 unspecified atom stereocenters. The third-order valence-electron chi connectivity index (χ3n) is 2.56. The molecule has 100 valence electrons. The quantitative estimate of drug-likeness (QED) is 0.910. The first-order valence-corrected chi connectivity index (χ1v) is 6.98. The molecular weight excluding hydrogens is 260 g/mol. The predicted octanol–water partition coefficient (Wildman–Crippen LogP) is 2.24. The summed E-state index contributed by atoms with van der Waals surface area (Å²) in [7, 11) is 1.75. The highest BCUT2D eigenvalue weighted by molar-refractivity contribution is 7.07. The van der Waals surface area contributed by atoms with Crippen molar-refractivity contribution in [3.8, 4) is 0 Å². The number of hydrogen-bond acceptors (Lipinski definition) is 5. The first-order chi connectivity index (χ1) is 9.20. The van der Waals surface area contributed by atoms with Gasteiger partial charge in [-0.05, 0) is 19.1 Å². The van der Waals surface area contributed by atoms with Crippen molar-refractivity contribution >= 4 is 23.1 Å². The molecule has 0 atom stereocenters. The Morgan fingerprint density at radius 1 is 1.47 bits per heavy atom. The topological polar surface area (TPSA) is 58.1 Å². The molecular formula is C13H16N4OS. The zero-order chi connectivity index (χ0) is 13.7. The van der Waals surface area contributed by atoms with Crippen LogP contribution in [0.3, 0.4) is 0 Å². The van der Waals surface area contributed by atoms with E-state index in [1.54, 1.807) is 23.5 Å². The molecule has 19 heavy (non-hydrogen) atoms. The summed E-state index contributed by atoms with van der Waals surface area (Å²) in [6.07, 6.45) is 0. The van der Waals surface area contributed by atoms with Crippen molar-refractivity contribution < 1.29 is 4.79 Å². The molecule has 0 bridgehead atoms. The largest absolute Gasteiger partial charge is 0.370 e. The minimum Gasteiger partial charge on any atom is -0.370 e. The number of aromatic nitrogens is 2. The summed E-state index contributed by atoms with van der Waals surface area (Å²) in [6, 6.07) is 5.40. The van der Waals surface area contributed by atoms with Gasteiger partial charge >= 0.3 is 0 Å². The molecule has 0 saturated carbocycles. The normalized spacial score (nSPS) is 10.2. The van der Waals surface area contributed by atoms with Gasteiger partial charge in [0.25, 0.3) is 5.91 Å². The Hall–Kier alpha value is -1.95. The number of pyridine rings is 1. The van der Waals surface area contributed by atoms with Crippen LogP contribution >= 0.6 is 11.3 Å². The molecule has 0 fully saturated rings. The molecule has 0 aliphatic heterocycles. The van der Waals surface area contributed by atoms with Crippen molar-refractivity contribution in [1.29, 1.82) is 0 Å². The number of nitrogens with zero attached hydrogens (tertiary/aromatic N) is 3. The van der Waals surface area contributed by atoms with E-state index in [2.05, 4.69) is 15.3 Å². The fourth-order valence-electron chi connectivity index (χ4n) is 1.66. The van der Waals surface area contributed by atoms with Crippen LogP contribution < -0.4 is 5.32 Å². The maximum atomic E-state index is 12.2. The Labute approximate surface area is 116 Å². The summed E-state index contributed by atoms with van der Waals surface area (Å²) in [5.41, 5.74) is 3.09. The van der Waals surface area contributed by atoms with Gasteiger partial charge in [-0.3, -0.25) is 4.79 Å². The van der Waals surface area contributed by atoms with E-state index in [9.17, 15) is 4.79 Å². The van der Waals surface area contributed by atoms with E-state index in [1.165, 1.54) is 11.3 Å². The highest BCUT2D eigenvalue weighted by Gasteiger charge is 2.14. The second-order valence-electron chi connectivity index (χ2n) is 4.08. The van der Waals surface area contributed by atoms with Gasteiger partial charge in [0.1, 0.15) is 11.5 Å². The number of rotatable bonds is 5. The second kappa shape index (κ2) is 6.29. The molecule has 0 aliphatic carbocycles. The molecule has 0 saturated heterocycles. The predicted molar refractivity (Wildman–Crippen MR) is 76.3 cm³/mol. The summed E-state index contributed by atoms with van der Waals surface area (Å²) in [5, 5.41) is 5.03. The SMILES string of the molecule is CCNc1cccc(C(=O)N(C)Cc2cscn2)n1. The Morgan fingerprint density at radius 3 is 3.00 bits per heavy atom. The van der Waals surface area contributed by atoms with Gasteiger partial charge in [-0.15, -0.1) is 11.3 Å².